The van der Waals surface area contributed by atoms with Gasteiger partial charge >= 0.3 is 5.97 Å². The largest absolute Gasteiger partial charge is 0.465 e. The summed E-state index contributed by atoms with van der Waals surface area (Å²) in [6, 6.07) is 18.4. The van der Waals surface area contributed by atoms with Gasteiger partial charge in [0.1, 0.15) is 10.6 Å². The molecule has 1 aliphatic carbocycles. The number of carbonyl (C=O) groups excluding carboxylic acids is 2. The Balaban J connectivity index is 1.36. The predicted molar refractivity (Wildman–Crippen MR) is 176 cm³/mol. The number of methoxy groups -OCH3 is 1. The maximum Gasteiger partial charge on any atom is 0.350 e. The Morgan fingerprint density at radius 3 is 2.23 bits per heavy atom. The Morgan fingerprint density at radius 2 is 1.60 bits per heavy atom. The number of carbonyl (C=O) groups is 2. The molecule has 0 unspecified atom stereocenters. The number of ether oxygens (including phenoxy) is 1. The summed E-state index contributed by atoms with van der Waals surface area (Å²) in [4.78, 5) is 27.1. The number of amides is 1. The van der Waals surface area contributed by atoms with Crippen LogP contribution >= 0.6 is 11.3 Å². The fourth-order valence-corrected chi connectivity index (χ4v) is 7.11. The zero-order valence-corrected chi connectivity index (χ0v) is 27.5. The first-order valence-corrected chi connectivity index (χ1v) is 15.9. The quantitative estimate of drug-likeness (QED) is 0.205. The average molecular weight is 598 g/mol. The minimum atomic E-state index is -0.489. The van der Waals surface area contributed by atoms with E-state index in [4.69, 9.17) is 9.15 Å². The second kappa shape index (κ2) is 11.8. The molecule has 5 rings (SSSR count). The number of nitrogens with one attached hydrogen (secondary N) is 1. The lowest BCUT2D eigenvalue weighted by Gasteiger charge is -2.42. The standard InChI is InChI=1S/C37H43NO4S/c1-22(2)17-24-9-11-25(12-10-24)32-21-30(33(43-32)35(40)41-8)38-34(39)31-14-13-27(42-31)19-26-20-29-28(18-23(26)3)36(4,5)15-16-37(29,6)7/h9-14,18,20-22H,15-17,19H2,1-8H3,(H,38,39). The number of fused-ring (bicyclic) bond motifs is 1. The molecular formula is C37H43NO4S. The molecule has 5 nitrogen and oxygen atoms in total. The molecule has 2 aromatic heterocycles. The Kier molecular flexibility index (Phi) is 8.45. The number of thiophene rings is 1. The van der Waals surface area contributed by atoms with E-state index in [0.717, 1.165) is 29.0 Å². The number of anilines is 1. The van der Waals surface area contributed by atoms with E-state index in [1.807, 2.05) is 12.1 Å². The molecule has 1 N–H and O–H groups in total. The Labute approximate surface area is 259 Å². The Morgan fingerprint density at radius 1 is 0.953 bits per heavy atom. The van der Waals surface area contributed by atoms with Crippen LogP contribution in [0.1, 0.15) is 108 Å². The second-order valence-electron chi connectivity index (χ2n) is 13.6. The first kappa shape index (κ1) is 30.8. The van der Waals surface area contributed by atoms with E-state index in [1.54, 1.807) is 6.07 Å². The molecule has 2 heterocycles. The summed E-state index contributed by atoms with van der Waals surface area (Å²) in [6.45, 7) is 15.9. The Bertz CT molecular complexity index is 1650. The minimum absolute atomic E-state index is 0.119. The predicted octanol–water partition coefficient (Wildman–Crippen LogP) is 9.49. The lowest BCUT2D eigenvalue weighted by atomic mass is 9.62. The smallest absolute Gasteiger partial charge is 0.350 e. The van der Waals surface area contributed by atoms with Gasteiger partial charge in [-0.25, -0.2) is 4.79 Å². The van der Waals surface area contributed by atoms with Crippen LogP contribution in [0.5, 0.6) is 0 Å². The van der Waals surface area contributed by atoms with Crippen LogP contribution in [0.4, 0.5) is 5.69 Å². The lowest BCUT2D eigenvalue weighted by Crippen LogP contribution is -2.34. The third-order valence-electron chi connectivity index (χ3n) is 8.79. The SMILES string of the molecule is COC(=O)c1sc(-c2ccc(CC(C)C)cc2)cc1NC(=O)c1ccc(Cc2cc3c(cc2C)C(C)(C)CCC3(C)C)o1. The molecule has 43 heavy (non-hydrogen) atoms. The number of aryl methyl sites for hydroxylation is 1. The van der Waals surface area contributed by atoms with Crippen molar-refractivity contribution in [2.45, 2.75) is 85.0 Å². The minimum Gasteiger partial charge on any atom is -0.465 e. The van der Waals surface area contributed by atoms with Gasteiger partial charge in [0.15, 0.2) is 5.76 Å². The normalized spacial score (nSPS) is 15.3. The monoisotopic (exact) mass is 597 g/mol. The van der Waals surface area contributed by atoms with Crippen molar-refractivity contribution in [2.75, 3.05) is 12.4 Å². The van der Waals surface area contributed by atoms with E-state index in [0.29, 0.717) is 22.9 Å². The van der Waals surface area contributed by atoms with E-state index < -0.39 is 11.9 Å². The maximum absolute atomic E-state index is 13.3. The van der Waals surface area contributed by atoms with E-state index in [9.17, 15) is 9.59 Å². The number of rotatable bonds is 8. The molecule has 226 valence electrons. The van der Waals surface area contributed by atoms with Crippen LogP contribution in [-0.2, 0) is 28.4 Å². The molecule has 4 aromatic rings. The van der Waals surface area contributed by atoms with Gasteiger partial charge in [0, 0.05) is 11.3 Å². The molecule has 0 aliphatic heterocycles. The van der Waals surface area contributed by atoms with Crippen molar-refractivity contribution in [2.24, 2.45) is 5.92 Å². The highest BCUT2D eigenvalue weighted by atomic mass is 32.1. The molecule has 6 heteroatoms. The van der Waals surface area contributed by atoms with Crippen LogP contribution in [-0.4, -0.2) is 19.0 Å². The highest BCUT2D eigenvalue weighted by Gasteiger charge is 2.37. The lowest BCUT2D eigenvalue weighted by molar-refractivity contribution is 0.0607. The van der Waals surface area contributed by atoms with Gasteiger partial charge in [-0.15, -0.1) is 11.3 Å². The summed E-state index contributed by atoms with van der Waals surface area (Å²) in [6.07, 6.45) is 3.94. The van der Waals surface area contributed by atoms with Crippen LogP contribution in [0.15, 0.2) is 59.0 Å². The van der Waals surface area contributed by atoms with Crippen LogP contribution < -0.4 is 5.32 Å². The number of benzene rings is 2. The fraction of sp³-hybridized carbons (Fsp3) is 0.405. The van der Waals surface area contributed by atoms with Gasteiger partial charge in [0.25, 0.3) is 5.91 Å². The summed E-state index contributed by atoms with van der Waals surface area (Å²) in [5.41, 5.74) is 8.23. The summed E-state index contributed by atoms with van der Waals surface area (Å²) >= 11 is 1.30. The summed E-state index contributed by atoms with van der Waals surface area (Å²) in [5.74, 6) is 0.606. The van der Waals surface area contributed by atoms with Crippen molar-refractivity contribution in [1.82, 2.24) is 0 Å². The van der Waals surface area contributed by atoms with Gasteiger partial charge in [-0.2, -0.15) is 0 Å². The molecule has 0 atom stereocenters. The number of esters is 1. The third kappa shape index (κ3) is 6.50. The topological polar surface area (TPSA) is 68.5 Å². The van der Waals surface area contributed by atoms with Gasteiger partial charge in [0.05, 0.1) is 12.8 Å². The van der Waals surface area contributed by atoms with Gasteiger partial charge in [-0.3, -0.25) is 4.79 Å². The van der Waals surface area contributed by atoms with Crippen molar-refractivity contribution in [3.05, 3.63) is 98.8 Å². The van der Waals surface area contributed by atoms with Crippen LogP contribution in [0.3, 0.4) is 0 Å². The Hall–Kier alpha value is -3.64. The molecular weight excluding hydrogens is 554 g/mol. The summed E-state index contributed by atoms with van der Waals surface area (Å²) in [7, 11) is 1.34. The summed E-state index contributed by atoms with van der Waals surface area (Å²) in [5, 5.41) is 2.90. The van der Waals surface area contributed by atoms with E-state index >= 15 is 0 Å². The molecule has 0 spiro atoms. The maximum atomic E-state index is 13.3. The average Bonchev–Trinajstić information content (AvgIpc) is 3.59. The van der Waals surface area contributed by atoms with Crippen molar-refractivity contribution >= 4 is 28.9 Å². The fourth-order valence-electron chi connectivity index (χ4n) is 6.07. The molecule has 0 saturated carbocycles. The molecule has 0 radical (unpaired) electrons. The first-order valence-electron chi connectivity index (χ1n) is 15.1. The van der Waals surface area contributed by atoms with Crippen LogP contribution in [0, 0.1) is 12.8 Å². The second-order valence-corrected chi connectivity index (χ2v) is 14.7. The van der Waals surface area contributed by atoms with E-state index in [-0.39, 0.29) is 16.6 Å². The zero-order valence-electron chi connectivity index (χ0n) is 26.6. The summed E-state index contributed by atoms with van der Waals surface area (Å²) < 4.78 is 11.1. The van der Waals surface area contributed by atoms with Gasteiger partial charge < -0.3 is 14.5 Å². The molecule has 2 aromatic carbocycles. The number of hydrogen-bond acceptors (Lipinski definition) is 5. The molecule has 0 saturated heterocycles. The van der Waals surface area contributed by atoms with E-state index in [1.165, 1.54) is 52.7 Å². The number of furan rings is 1. The molecule has 1 aliphatic rings. The molecule has 0 bridgehead atoms. The van der Waals surface area contributed by atoms with Gasteiger partial charge in [-0.05, 0) is 94.5 Å². The number of hydrogen-bond donors (Lipinski definition) is 1. The third-order valence-corrected chi connectivity index (χ3v) is 9.96. The molecule has 1 amide bonds. The van der Waals surface area contributed by atoms with Gasteiger partial charge in [0.2, 0.25) is 0 Å². The van der Waals surface area contributed by atoms with Crippen LogP contribution in [0.2, 0.25) is 0 Å². The van der Waals surface area contributed by atoms with Crippen LogP contribution in [0.25, 0.3) is 10.4 Å². The van der Waals surface area contributed by atoms with Crippen molar-refractivity contribution < 1.29 is 18.7 Å². The molecule has 0 fully saturated rings. The first-order chi connectivity index (χ1) is 20.3. The van der Waals surface area contributed by atoms with Gasteiger partial charge in [-0.1, -0.05) is 77.9 Å². The van der Waals surface area contributed by atoms with Crippen molar-refractivity contribution in [3.8, 4) is 10.4 Å². The van der Waals surface area contributed by atoms with Crippen molar-refractivity contribution in [3.63, 3.8) is 0 Å². The highest BCUT2D eigenvalue weighted by molar-refractivity contribution is 7.18. The van der Waals surface area contributed by atoms with Crippen molar-refractivity contribution in [1.29, 1.82) is 0 Å². The van der Waals surface area contributed by atoms with E-state index in [2.05, 4.69) is 90.2 Å². The highest BCUT2D eigenvalue weighted by Crippen LogP contribution is 2.46. The zero-order chi connectivity index (χ0) is 31.1.